The van der Waals surface area contributed by atoms with E-state index in [1.54, 1.807) is 0 Å². The fraction of sp³-hybridized carbons (Fsp3) is 0.533. The summed E-state index contributed by atoms with van der Waals surface area (Å²) in [5, 5.41) is 0.100. The Bertz CT molecular complexity index is 479. The zero-order valence-electron chi connectivity index (χ0n) is 11.1. The Morgan fingerprint density at radius 3 is 2.78 bits per heavy atom. The van der Waals surface area contributed by atoms with Crippen LogP contribution >= 0.6 is 0 Å². The van der Waals surface area contributed by atoms with Gasteiger partial charge in [-0.15, -0.1) is 0 Å². The van der Waals surface area contributed by atoms with Crippen LogP contribution in [0.4, 0.5) is 0 Å². The van der Waals surface area contributed by atoms with Crippen LogP contribution in [0.15, 0.2) is 18.2 Å². The van der Waals surface area contributed by atoms with E-state index >= 15 is 0 Å². The molecule has 2 nitrogen and oxygen atoms in total. The molecule has 98 valence electrons. The quantitative estimate of drug-likeness (QED) is 0.766. The molecule has 2 rings (SSSR count). The van der Waals surface area contributed by atoms with Gasteiger partial charge in [-0.05, 0) is 42.9 Å². The molecule has 1 aliphatic rings. The second-order valence-corrected chi connectivity index (χ2v) is 6.86. The number of hydrogen-bond acceptors (Lipinski definition) is 2. The molecule has 1 aromatic carbocycles. The van der Waals surface area contributed by atoms with E-state index in [0.29, 0.717) is 0 Å². The maximum Gasteiger partial charge on any atom is 0.175 e. The zero-order valence-corrected chi connectivity index (χ0v) is 11.9. The van der Waals surface area contributed by atoms with E-state index in [1.165, 1.54) is 17.5 Å². The summed E-state index contributed by atoms with van der Waals surface area (Å²) in [7, 11) is -1.04. The first-order chi connectivity index (χ1) is 8.61. The zero-order chi connectivity index (χ0) is 13.1. The molecule has 0 bridgehead atoms. The van der Waals surface area contributed by atoms with Gasteiger partial charge in [0, 0.05) is 21.6 Å². The molecule has 1 aromatic rings. The summed E-state index contributed by atoms with van der Waals surface area (Å²) >= 11 is 0. The fourth-order valence-electron chi connectivity index (χ4n) is 2.29. The lowest BCUT2D eigenvalue weighted by Gasteiger charge is -2.08. The molecule has 0 fully saturated rings. The van der Waals surface area contributed by atoms with E-state index in [0.717, 1.165) is 24.8 Å². The fourth-order valence-corrected chi connectivity index (χ4v) is 3.37. The van der Waals surface area contributed by atoms with Gasteiger partial charge in [-0.1, -0.05) is 26.0 Å². The van der Waals surface area contributed by atoms with Crippen molar-refractivity contribution in [2.75, 3.05) is 5.75 Å². The molecule has 2 atom stereocenters. The van der Waals surface area contributed by atoms with Crippen molar-refractivity contribution in [3.63, 3.8) is 0 Å². The second-order valence-electron chi connectivity index (χ2n) is 5.00. The molecule has 0 aliphatic heterocycles. The van der Waals surface area contributed by atoms with Crippen molar-refractivity contribution in [3.05, 3.63) is 34.9 Å². The van der Waals surface area contributed by atoms with Crippen LogP contribution < -0.4 is 0 Å². The average Bonchev–Trinajstić information content (AvgIpc) is 2.84. The third kappa shape index (κ3) is 2.89. The summed E-state index contributed by atoms with van der Waals surface area (Å²) in [5.41, 5.74) is 3.40. The average molecular weight is 264 g/mol. The van der Waals surface area contributed by atoms with Crippen molar-refractivity contribution in [3.8, 4) is 0 Å². The highest BCUT2D eigenvalue weighted by atomic mass is 32.2. The Hall–Kier alpha value is -0.960. The van der Waals surface area contributed by atoms with Crippen molar-refractivity contribution in [2.24, 2.45) is 0 Å². The van der Waals surface area contributed by atoms with E-state index in [2.05, 4.69) is 6.07 Å². The number of carbonyl (C=O) groups is 1. The van der Waals surface area contributed by atoms with E-state index in [1.807, 2.05) is 26.0 Å². The van der Waals surface area contributed by atoms with Gasteiger partial charge in [0.2, 0.25) is 0 Å². The van der Waals surface area contributed by atoms with Crippen molar-refractivity contribution in [2.45, 2.75) is 44.8 Å². The number of Topliss-reactive ketones (excluding diaryl/α,β-unsaturated/α-hetero) is 1. The van der Waals surface area contributed by atoms with E-state index in [9.17, 15) is 9.00 Å². The second kappa shape index (κ2) is 5.79. The van der Waals surface area contributed by atoms with Crippen LogP contribution in [-0.2, 0) is 23.6 Å². The van der Waals surface area contributed by atoms with E-state index in [-0.39, 0.29) is 16.8 Å². The van der Waals surface area contributed by atoms with Gasteiger partial charge in [0.1, 0.15) is 0 Å². The molecule has 2 unspecified atom stereocenters. The molecule has 0 aromatic heterocycles. The Morgan fingerprint density at radius 1 is 1.33 bits per heavy atom. The van der Waals surface area contributed by atoms with Gasteiger partial charge in [-0.2, -0.15) is 0 Å². The van der Waals surface area contributed by atoms with Gasteiger partial charge in [0.25, 0.3) is 0 Å². The topological polar surface area (TPSA) is 34.1 Å². The Labute approximate surface area is 111 Å². The van der Waals surface area contributed by atoms with E-state index < -0.39 is 10.8 Å². The molecule has 0 saturated carbocycles. The highest BCUT2D eigenvalue weighted by Crippen LogP contribution is 2.23. The number of rotatable bonds is 5. The highest BCUT2D eigenvalue weighted by Gasteiger charge is 2.17. The third-order valence-electron chi connectivity index (χ3n) is 3.72. The van der Waals surface area contributed by atoms with Crippen molar-refractivity contribution in [1.29, 1.82) is 0 Å². The molecule has 3 heteroatoms. The molecular weight excluding hydrogens is 244 g/mol. The molecular formula is C15H20O2S. The number of ketones is 1. The van der Waals surface area contributed by atoms with Gasteiger partial charge in [-0.25, -0.2) is 0 Å². The SMILES string of the molecule is CCC(C)S(=O)CC(=O)c1ccc2c(c1)CCC2. The molecule has 0 heterocycles. The lowest BCUT2D eigenvalue weighted by Crippen LogP contribution is -2.19. The first-order valence-electron chi connectivity index (χ1n) is 6.64. The normalized spacial score (nSPS) is 17.2. The molecule has 18 heavy (non-hydrogen) atoms. The number of hydrogen-bond donors (Lipinski definition) is 0. The van der Waals surface area contributed by atoms with Gasteiger partial charge < -0.3 is 0 Å². The minimum atomic E-state index is -1.04. The summed E-state index contributed by atoms with van der Waals surface area (Å²) in [6.07, 6.45) is 4.24. The maximum absolute atomic E-state index is 12.1. The largest absolute Gasteiger partial charge is 0.293 e. The summed E-state index contributed by atoms with van der Waals surface area (Å²) in [4.78, 5) is 12.1. The number of fused-ring (bicyclic) bond motifs is 1. The Balaban J connectivity index is 2.08. The summed E-state index contributed by atoms with van der Waals surface area (Å²) in [6, 6.07) is 5.94. The first kappa shape index (κ1) is 13.5. The lowest BCUT2D eigenvalue weighted by molar-refractivity contribution is 0.102. The molecule has 0 spiro atoms. The van der Waals surface area contributed by atoms with Crippen LogP contribution in [-0.4, -0.2) is 21.0 Å². The van der Waals surface area contributed by atoms with Crippen LogP contribution in [0.5, 0.6) is 0 Å². The van der Waals surface area contributed by atoms with Crippen LogP contribution in [0.2, 0.25) is 0 Å². The number of aryl methyl sites for hydroxylation is 2. The lowest BCUT2D eigenvalue weighted by atomic mass is 10.0. The standard InChI is InChI=1S/C15H20O2S/c1-3-11(2)18(17)10-15(16)14-8-7-12-5-4-6-13(12)9-14/h7-9,11H,3-6,10H2,1-2H3. The number of carbonyl (C=O) groups excluding carboxylic acids is 1. The van der Waals surface area contributed by atoms with Crippen LogP contribution in [0, 0.1) is 0 Å². The van der Waals surface area contributed by atoms with Gasteiger partial charge >= 0.3 is 0 Å². The van der Waals surface area contributed by atoms with Crippen LogP contribution in [0.1, 0.15) is 48.2 Å². The Kier molecular flexibility index (Phi) is 4.33. The monoisotopic (exact) mass is 264 g/mol. The predicted molar refractivity (Wildman–Crippen MR) is 75.6 cm³/mol. The predicted octanol–water partition coefficient (Wildman–Crippen LogP) is 2.91. The summed E-state index contributed by atoms with van der Waals surface area (Å²) in [6.45, 7) is 3.94. The maximum atomic E-state index is 12.1. The molecule has 0 N–H and O–H groups in total. The Morgan fingerprint density at radius 2 is 2.06 bits per heavy atom. The minimum absolute atomic E-state index is 0.0170. The molecule has 0 saturated heterocycles. The minimum Gasteiger partial charge on any atom is -0.293 e. The van der Waals surface area contributed by atoms with Crippen molar-refractivity contribution in [1.82, 2.24) is 0 Å². The van der Waals surface area contributed by atoms with Crippen LogP contribution in [0.3, 0.4) is 0 Å². The molecule has 0 amide bonds. The summed E-state index contributed by atoms with van der Waals surface area (Å²) in [5.74, 6) is 0.177. The molecule has 0 radical (unpaired) electrons. The van der Waals surface area contributed by atoms with Gasteiger partial charge in [-0.3, -0.25) is 9.00 Å². The highest BCUT2D eigenvalue weighted by molar-refractivity contribution is 7.86. The number of benzene rings is 1. The van der Waals surface area contributed by atoms with Crippen molar-refractivity contribution < 1.29 is 9.00 Å². The van der Waals surface area contributed by atoms with Gasteiger partial charge in [0.15, 0.2) is 5.78 Å². The van der Waals surface area contributed by atoms with Crippen molar-refractivity contribution >= 4 is 16.6 Å². The van der Waals surface area contributed by atoms with Gasteiger partial charge in [0.05, 0.1) is 5.75 Å². The smallest absolute Gasteiger partial charge is 0.175 e. The third-order valence-corrected chi connectivity index (χ3v) is 5.50. The molecule has 1 aliphatic carbocycles. The first-order valence-corrected chi connectivity index (χ1v) is 8.02. The van der Waals surface area contributed by atoms with Crippen LogP contribution in [0.25, 0.3) is 0 Å². The van der Waals surface area contributed by atoms with E-state index in [4.69, 9.17) is 0 Å². The summed E-state index contributed by atoms with van der Waals surface area (Å²) < 4.78 is 11.9.